The Hall–Kier alpha value is -0.870. The second-order valence-corrected chi connectivity index (χ2v) is 6.94. The van der Waals surface area contributed by atoms with Crippen LogP contribution >= 0.6 is 8.58 Å². The third kappa shape index (κ3) is 2.00. The lowest BCUT2D eigenvalue weighted by molar-refractivity contribution is 0.871. The molecule has 0 heterocycles. The predicted molar refractivity (Wildman–Crippen MR) is 79.5 cm³/mol. The van der Waals surface area contributed by atoms with Crippen LogP contribution in [0.2, 0.25) is 0 Å². The van der Waals surface area contributed by atoms with Gasteiger partial charge in [0, 0.05) is 5.16 Å². The zero-order chi connectivity index (χ0) is 12.6. The minimum atomic E-state index is 0.246. The molecular weight excluding hydrogens is 223 g/mol. The van der Waals surface area contributed by atoms with E-state index in [4.69, 9.17) is 0 Å². The second kappa shape index (κ2) is 4.42. The Labute approximate surface area is 107 Å². The van der Waals surface area contributed by atoms with Crippen LogP contribution in [0.1, 0.15) is 34.6 Å². The summed E-state index contributed by atoms with van der Waals surface area (Å²) in [5.74, 6) is 0. The van der Waals surface area contributed by atoms with Gasteiger partial charge < -0.3 is 0 Å². The van der Waals surface area contributed by atoms with Crippen LogP contribution in [0.3, 0.4) is 0 Å². The number of hydrogen-bond donors (Lipinski definition) is 0. The van der Waals surface area contributed by atoms with E-state index in [1.165, 1.54) is 16.5 Å². The lowest BCUT2D eigenvalue weighted by atomic mass is 9.98. The lowest BCUT2D eigenvalue weighted by Crippen LogP contribution is -2.22. The van der Waals surface area contributed by atoms with Crippen molar-refractivity contribution in [3.05, 3.63) is 52.6 Å². The first-order valence-corrected chi connectivity index (χ1v) is 7.16. The van der Waals surface area contributed by atoms with Crippen molar-refractivity contribution >= 4 is 13.9 Å². The zero-order valence-electron chi connectivity index (χ0n) is 11.4. The van der Waals surface area contributed by atoms with Crippen molar-refractivity contribution < 1.29 is 0 Å². The molecule has 0 radical (unpaired) electrons. The third-order valence-corrected chi connectivity index (χ3v) is 6.23. The molecule has 0 fully saturated rings. The Morgan fingerprint density at radius 2 is 1.29 bits per heavy atom. The number of rotatable bonds is 2. The van der Waals surface area contributed by atoms with Gasteiger partial charge in [-0.3, -0.25) is 0 Å². The second-order valence-electron chi connectivity index (χ2n) is 5.12. The normalized spacial score (nSPS) is 19.8. The number of allylic oxidation sites excluding steroid dienone is 4. The van der Waals surface area contributed by atoms with E-state index in [9.17, 15) is 0 Å². The predicted octanol–water partition coefficient (Wildman–Crippen LogP) is 4.44. The summed E-state index contributed by atoms with van der Waals surface area (Å²) in [7, 11) is 0.828. The fourth-order valence-corrected chi connectivity index (χ4v) is 4.28. The zero-order valence-corrected chi connectivity index (χ0v) is 12.4. The van der Waals surface area contributed by atoms with Gasteiger partial charge >= 0.3 is 0 Å². The summed E-state index contributed by atoms with van der Waals surface area (Å²) in [4.78, 5) is 0. The molecule has 0 saturated heterocycles. The molecule has 1 atom stereocenters. The highest BCUT2D eigenvalue weighted by atomic mass is 31.1. The average molecular weight is 244 g/mol. The van der Waals surface area contributed by atoms with Crippen LogP contribution in [0.25, 0.3) is 0 Å². The van der Waals surface area contributed by atoms with Gasteiger partial charge in [0.2, 0.25) is 0 Å². The standard InChI is InChI=1S/C16H21P/c1-11-12(2)14(4)16(5,13(11)3)17-15-9-7-6-8-10-15/h6-10,17H,1-5H3. The van der Waals surface area contributed by atoms with Gasteiger partial charge in [-0.15, -0.1) is 0 Å². The van der Waals surface area contributed by atoms with Gasteiger partial charge in [-0.1, -0.05) is 50.1 Å². The first-order chi connectivity index (χ1) is 7.97. The third-order valence-electron chi connectivity index (χ3n) is 4.36. The fourth-order valence-electron chi connectivity index (χ4n) is 2.59. The van der Waals surface area contributed by atoms with Crippen molar-refractivity contribution in [1.29, 1.82) is 0 Å². The molecule has 1 aliphatic carbocycles. The molecule has 0 aliphatic heterocycles. The topological polar surface area (TPSA) is 0 Å². The van der Waals surface area contributed by atoms with Crippen LogP contribution in [0.4, 0.5) is 0 Å². The summed E-state index contributed by atoms with van der Waals surface area (Å²) in [5, 5.41) is 1.70. The van der Waals surface area contributed by atoms with Crippen molar-refractivity contribution in [3.8, 4) is 0 Å². The van der Waals surface area contributed by atoms with E-state index < -0.39 is 0 Å². The molecule has 0 nitrogen and oxygen atoms in total. The van der Waals surface area contributed by atoms with Crippen LogP contribution in [0, 0.1) is 0 Å². The van der Waals surface area contributed by atoms with Crippen molar-refractivity contribution in [2.75, 3.05) is 0 Å². The average Bonchev–Trinajstić information content (AvgIpc) is 2.47. The Balaban J connectivity index is 2.39. The van der Waals surface area contributed by atoms with Crippen molar-refractivity contribution in [2.45, 2.75) is 39.8 Å². The van der Waals surface area contributed by atoms with Gasteiger partial charge in [-0.2, -0.15) is 0 Å². The summed E-state index contributed by atoms with van der Waals surface area (Å²) in [6.07, 6.45) is 0. The molecule has 0 N–H and O–H groups in total. The maximum absolute atomic E-state index is 2.39. The van der Waals surface area contributed by atoms with E-state index in [1.807, 2.05) is 0 Å². The molecule has 0 saturated carbocycles. The largest absolute Gasteiger partial charge is 0.0758 e. The van der Waals surface area contributed by atoms with E-state index in [-0.39, 0.29) is 5.16 Å². The number of benzene rings is 1. The van der Waals surface area contributed by atoms with Crippen LogP contribution in [0.5, 0.6) is 0 Å². The first-order valence-electron chi connectivity index (χ1n) is 6.16. The monoisotopic (exact) mass is 244 g/mol. The summed E-state index contributed by atoms with van der Waals surface area (Å²) >= 11 is 0. The Bertz CT molecular complexity index is 468. The summed E-state index contributed by atoms with van der Waals surface area (Å²) in [6, 6.07) is 10.9. The van der Waals surface area contributed by atoms with Gasteiger partial charge in [-0.05, 0) is 51.1 Å². The summed E-state index contributed by atoms with van der Waals surface area (Å²) < 4.78 is 0. The van der Waals surface area contributed by atoms with E-state index in [0.717, 1.165) is 8.58 Å². The van der Waals surface area contributed by atoms with Crippen LogP contribution < -0.4 is 5.30 Å². The van der Waals surface area contributed by atoms with Crippen molar-refractivity contribution in [3.63, 3.8) is 0 Å². The van der Waals surface area contributed by atoms with Gasteiger partial charge in [0.15, 0.2) is 0 Å². The SMILES string of the molecule is CC1=C(C)C(C)(Pc2ccccc2)C(C)=C1C. The van der Waals surface area contributed by atoms with Crippen molar-refractivity contribution in [1.82, 2.24) is 0 Å². The fraction of sp³-hybridized carbons (Fsp3) is 0.375. The molecule has 1 heteroatoms. The Kier molecular flexibility index (Phi) is 3.27. The molecule has 0 bridgehead atoms. The van der Waals surface area contributed by atoms with E-state index in [2.05, 4.69) is 65.0 Å². The quantitative estimate of drug-likeness (QED) is 0.675. The van der Waals surface area contributed by atoms with Crippen molar-refractivity contribution in [2.24, 2.45) is 0 Å². The molecule has 1 aliphatic rings. The Morgan fingerprint density at radius 3 is 1.76 bits per heavy atom. The molecule has 1 aromatic rings. The highest BCUT2D eigenvalue weighted by Gasteiger charge is 2.36. The lowest BCUT2D eigenvalue weighted by Gasteiger charge is -2.29. The highest BCUT2D eigenvalue weighted by Crippen LogP contribution is 2.51. The van der Waals surface area contributed by atoms with E-state index in [1.54, 1.807) is 11.1 Å². The number of hydrogen-bond acceptors (Lipinski definition) is 0. The molecular formula is C16H21P. The molecule has 0 spiro atoms. The molecule has 17 heavy (non-hydrogen) atoms. The van der Waals surface area contributed by atoms with Crippen LogP contribution in [-0.2, 0) is 0 Å². The maximum Gasteiger partial charge on any atom is 0.0311 e. The molecule has 1 aromatic carbocycles. The molecule has 0 amide bonds. The maximum atomic E-state index is 2.39. The van der Waals surface area contributed by atoms with Crippen LogP contribution in [-0.4, -0.2) is 5.16 Å². The molecule has 2 rings (SSSR count). The van der Waals surface area contributed by atoms with E-state index in [0.29, 0.717) is 0 Å². The molecule has 0 aromatic heterocycles. The molecule has 1 unspecified atom stereocenters. The van der Waals surface area contributed by atoms with Gasteiger partial charge in [-0.25, -0.2) is 0 Å². The highest BCUT2D eigenvalue weighted by molar-refractivity contribution is 7.49. The van der Waals surface area contributed by atoms with Gasteiger partial charge in [0.05, 0.1) is 0 Å². The minimum absolute atomic E-state index is 0.246. The van der Waals surface area contributed by atoms with Crippen LogP contribution in [0.15, 0.2) is 52.6 Å². The van der Waals surface area contributed by atoms with Gasteiger partial charge in [0.1, 0.15) is 0 Å². The van der Waals surface area contributed by atoms with E-state index >= 15 is 0 Å². The molecule has 90 valence electrons. The summed E-state index contributed by atoms with van der Waals surface area (Å²) in [5.41, 5.74) is 6.09. The minimum Gasteiger partial charge on any atom is -0.0758 e. The van der Waals surface area contributed by atoms with Gasteiger partial charge in [0.25, 0.3) is 0 Å². The Morgan fingerprint density at radius 1 is 0.824 bits per heavy atom. The smallest absolute Gasteiger partial charge is 0.0311 e. The summed E-state index contributed by atoms with van der Waals surface area (Å²) in [6.45, 7) is 11.5. The first kappa shape index (κ1) is 12.6.